The van der Waals surface area contributed by atoms with Crippen molar-refractivity contribution in [2.75, 3.05) is 13.2 Å². The Balaban J connectivity index is 1.86. The number of halogens is 1. The number of benzene rings is 2. The van der Waals surface area contributed by atoms with Gasteiger partial charge in [0.15, 0.2) is 0 Å². The largest absolute Gasteiger partial charge is 0.492 e. The average Bonchev–Trinajstić information content (AvgIpc) is 2.52. The molecular formula is C17H20ClNO4S. The number of hydrogen-bond donors (Lipinski definition) is 1. The maximum Gasteiger partial charge on any atom is 0.240 e. The summed E-state index contributed by atoms with van der Waals surface area (Å²) in [6.07, 6.45) is 0.0363. The van der Waals surface area contributed by atoms with Crippen LogP contribution in [0.4, 0.5) is 0 Å². The van der Waals surface area contributed by atoms with Crippen LogP contribution in [-0.4, -0.2) is 27.7 Å². The Labute approximate surface area is 147 Å². The van der Waals surface area contributed by atoms with Crippen molar-refractivity contribution in [3.63, 3.8) is 0 Å². The van der Waals surface area contributed by atoms with Crippen molar-refractivity contribution in [3.8, 4) is 11.5 Å². The number of sulfonamides is 1. The third kappa shape index (κ3) is 5.70. The maximum absolute atomic E-state index is 12.2. The average molecular weight is 370 g/mol. The molecule has 7 heteroatoms. The Hall–Kier alpha value is -1.76. The summed E-state index contributed by atoms with van der Waals surface area (Å²) < 4.78 is 37.8. The van der Waals surface area contributed by atoms with E-state index < -0.39 is 10.0 Å². The third-order valence-electron chi connectivity index (χ3n) is 2.96. The van der Waals surface area contributed by atoms with Crippen LogP contribution in [0.25, 0.3) is 0 Å². The van der Waals surface area contributed by atoms with E-state index in [1.54, 1.807) is 36.4 Å². The molecule has 0 unspecified atom stereocenters. The molecule has 0 aromatic heterocycles. The predicted octanol–water partition coefficient (Wildman–Crippen LogP) is 3.48. The monoisotopic (exact) mass is 369 g/mol. The smallest absolute Gasteiger partial charge is 0.240 e. The van der Waals surface area contributed by atoms with Gasteiger partial charge in [0.1, 0.15) is 18.1 Å². The zero-order valence-electron chi connectivity index (χ0n) is 13.5. The summed E-state index contributed by atoms with van der Waals surface area (Å²) in [5, 5.41) is 0.566. The van der Waals surface area contributed by atoms with Crippen molar-refractivity contribution in [2.45, 2.75) is 24.8 Å². The van der Waals surface area contributed by atoms with Gasteiger partial charge in [-0.1, -0.05) is 17.7 Å². The molecule has 0 aliphatic rings. The molecule has 0 atom stereocenters. The molecule has 2 aromatic rings. The van der Waals surface area contributed by atoms with Gasteiger partial charge in [-0.15, -0.1) is 0 Å². The molecule has 0 saturated heterocycles. The van der Waals surface area contributed by atoms with E-state index in [1.165, 1.54) is 12.1 Å². The van der Waals surface area contributed by atoms with Crippen LogP contribution in [0.5, 0.6) is 11.5 Å². The van der Waals surface area contributed by atoms with Gasteiger partial charge in [-0.3, -0.25) is 0 Å². The summed E-state index contributed by atoms with van der Waals surface area (Å²) in [6, 6.07) is 13.2. The Kier molecular flexibility index (Phi) is 6.48. The van der Waals surface area contributed by atoms with E-state index in [1.807, 2.05) is 13.8 Å². The summed E-state index contributed by atoms with van der Waals surface area (Å²) >= 11 is 5.85. The molecule has 24 heavy (non-hydrogen) atoms. The standard InChI is InChI=1S/C17H20ClNO4S/c1-13(2)23-15-6-8-17(9-7-15)24(20,21)19-10-11-22-16-5-3-4-14(18)12-16/h3-9,12-13,19H,10-11H2,1-2H3. The van der Waals surface area contributed by atoms with E-state index in [0.717, 1.165) is 0 Å². The summed E-state index contributed by atoms with van der Waals surface area (Å²) in [6.45, 7) is 4.17. The Morgan fingerprint density at radius 1 is 1.08 bits per heavy atom. The maximum atomic E-state index is 12.2. The van der Waals surface area contributed by atoms with E-state index in [4.69, 9.17) is 21.1 Å². The number of nitrogens with one attached hydrogen (secondary N) is 1. The lowest BCUT2D eigenvalue weighted by Gasteiger charge is -2.11. The Morgan fingerprint density at radius 2 is 1.79 bits per heavy atom. The van der Waals surface area contributed by atoms with Crippen molar-refractivity contribution < 1.29 is 17.9 Å². The molecule has 0 heterocycles. The molecule has 0 aliphatic heterocycles. The van der Waals surface area contributed by atoms with Crippen LogP contribution in [0.1, 0.15) is 13.8 Å². The van der Waals surface area contributed by atoms with Gasteiger partial charge in [0, 0.05) is 11.6 Å². The molecule has 2 rings (SSSR count). The first kappa shape index (κ1) is 18.6. The third-order valence-corrected chi connectivity index (χ3v) is 4.68. The highest BCUT2D eigenvalue weighted by Gasteiger charge is 2.13. The normalized spacial score (nSPS) is 11.5. The van der Waals surface area contributed by atoms with Gasteiger partial charge in [0.05, 0.1) is 11.0 Å². The van der Waals surface area contributed by atoms with Crippen molar-refractivity contribution >= 4 is 21.6 Å². The van der Waals surface area contributed by atoms with Crippen LogP contribution in [0.2, 0.25) is 5.02 Å². The minimum atomic E-state index is -3.58. The van der Waals surface area contributed by atoms with Crippen molar-refractivity contribution in [2.24, 2.45) is 0 Å². The van der Waals surface area contributed by atoms with Crippen LogP contribution in [0, 0.1) is 0 Å². The highest BCUT2D eigenvalue weighted by atomic mass is 35.5. The van der Waals surface area contributed by atoms with Gasteiger partial charge in [0.2, 0.25) is 10.0 Å². The van der Waals surface area contributed by atoms with E-state index in [-0.39, 0.29) is 24.2 Å². The van der Waals surface area contributed by atoms with Crippen LogP contribution in [0.15, 0.2) is 53.4 Å². The lowest BCUT2D eigenvalue weighted by atomic mass is 10.3. The highest BCUT2D eigenvalue weighted by Crippen LogP contribution is 2.18. The molecule has 0 bridgehead atoms. The van der Waals surface area contributed by atoms with Gasteiger partial charge < -0.3 is 9.47 Å². The minimum Gasteiger partial charge on any atom is -0.492 e. The Bertz CT molecular complexity index is 760. The molecule has 0 amide bonds. The molecule has 0 spiro atoms. The zero-order valence-corrected chi connectivity index (χ0v) is 15.1. The highest BCUT2D eigenvalue weighted by molar-refractivity contribution is 7.89. The summed E-state index contributed by atoms with van der Waals surface area (Å²) in [5.74, 6) is 1.23. The zero-order chi connectivity index (χ0) is 17.6. The van der Waals surface area contributed by atoms with Crippen LogP contribution in [0.3, 0.4) is 0 Å². The molecular weight excluding hydrogens is 350 g/mol. The van der Waals surface area contributed by atoms with Gasteiger partial charge in [-0.25, -0.2) is 13.1 Å². The fourth-order valence-corrected chi connectivity index (χ4v) is 3.15. The first-order valence-corrected chi connectivity index (χ1v) is 9.38. The fourth-order valence-electron chi connectivity index (χ4n) is 1.95. The van der Waals surface area contributed by atoms with Gasteiger partial charge in [-0.05, 0) is 56.3 Å². The molecule has 0 radical (unpaired) electrons. The van der Waals surface area contributed by atoms with Gasteiger partial charge >= 0.3 is 0 Å². The molecule has 1 N–H and O–H groups in total. The number of hydrogen-bond acceptors (Lipinski definition) is 4. The lowest BCUT2D eigenvalue weighted by Crippen LogP contribution is -2.28. The number of ether oxygens (including phenoxy) is 2. The molecule has 130 valence electrons. The summed E-state index contributed by atoms with van der Waals surface area (Å²) in [5.41, 5.74) is 0. The molecule has 2 aromatic carbocycles. The fraction of sp³-hybridized carbons (Fsp3) is 0.294. The predicted molar refractivity (Wildman–Crippen MR) is 94.3 cm³/mol. The second-order valence-electron chi connectivity index (χ2n) is 5.34. The topological polar surface area (TPSA) is 64.6 Å². The molecule has 0 fully saturated rings. The second-order valence-corrected chi connectivity index (χ2v) is 7.55. The van der Waals surface area contributed by atoms with E-state index in [0.29, 0.717) is 16.5 Å². The lowest BCUT2D eigenvalue weighted by molar-refractivity contribution is 0.242. The van der Waals surface area contributed by atoms with Crippen LogP contribution in [-0.2, 0) is 10.0 Å². The molecule has 0 aliphatic carbocycles. The van der Waals surface area contributed by atoms with E-state index >= 15 is 0 Å². The van der Waals surface area contributed by atoms with Crippen molar-refractivity contribution in [1.29, 1.82) is 0 Å². The first-order valence-electron chi connectivity index (χ1n) is 7.51. The van der Waals surface area contributed by atoms with E-state index in [2.05, 4.69) is 4.72 Å². The summed E-state index contributed by atoms with van der Waals surface area (Å²) in [4.78, 5) is 0.182. The van der Waals surface area contributed by atoms with Crippen LogP contribution >= 0.6 is 11.6 Å². The van der Waals surface area contributed by atoms with Crippen molar-refractivity contribution in [3.05, 3.63) is 53.6 Å². The number of rotatable bonds is 8. The molecule has 0 saturated carbocycles. The van der Waals surface area contributed by atoms with Gasteiger partial charge in [-0.2, -0.15) is 0 Å². The quantitative estimate of drug-likeness (QED) is 0.723. The molecule has 5 nitrogen and oxygen atoms in total. The summed E-state index contributed by atoms with van der Waals surface area (Å²) in [7, 11) is -3.58. The second kappa shape index (κ2) is 8.37. The minimum absolute atomic E-state index is 0.0363. The van der Waals surface area contributed by atoms with Gasteiger partial charge in [0.25, 0.3) is 0 Å². The van der Waals surface area contributed by atoms with E-state index in [9.17, 15) is 8.42 Å². The Morgan fingerprint density at radius 3 is 2.42 bits per heavy atom. The van der Waals surface area contributed by atoms with Crippen LogP contribution < -0.4 is 14.2 Å². The first-order chi connectivity index (χ1) is 11.4. The van der Waals surface area contributed by atoms with Crippen molar-refractivity contribution in [1.82, 2.24) is 4.72 Å². The SMILES string of the molecule is CC(C)Oc1ccc(S(=O)(=O)NCCOc2cccc(Cl)c2)cc1.